The summed E-state index contributed by atoms with van der Waals surface area (Å²) in [5.41, 5.74) is 1.80. The van der Waals surface area contributed by atoms with Crippen LogP contribution in [0.1, 0.15) is 5.56 Å². The molecule has 0 unspecified atom stereocenters. The van der Waals surface area contributed by atoms with E-state index in [2.05, 4.69) is 5.32 Å². The Balaban J connectivity index is 2.83. The van der Waals surface area contributed by atoms with E-state index in [-0.39, 0.29) is 5.91 Å². The average molecular weight is 310 g/mol. The zero-order chi connectivity index (χ0) is 9.84. The third-order valence-corrected chi connectivity index (χ3v) is 2.51. The van der Waals surface area contributed by atoms with E-state index in [9.17, 15) is 4.79 Å². The highest BCUT2D eigenvalue weighted by atomic mass is 127. The highest BCUT2D eigenvalue weighted by Gasteiger charge is 2.02. The van der Waals surface area contributed by atoms with Gasteiger partial charge in [0.1, 0.15) is 0 Å². The number of rotatable bonds is 2. The molecule has 0 fully saturated rings. The Morgan fingerprint density at radius 1 is 1.62 bits per heavy atom. The molecule has 0 radical (unpaired) electrons. The van der Waals surface area contributed by atoms with Gasteiger partial charge in [-0.3, -0.25) is 4.79 Å². The highest BCUT2D eigenvalue weighted by Crippen LogP contribution is 2.19. The van der Waals surface area contributed by atoms with Crippen LogP contribution in [0.2, 0.25) is 5.02 Å². The molecule has 1 aromatic carbocycles. The maximum absolute atomic E-state index is 11.1. The van der Waals surface area contributed by atoms with Gasteiger partial charge >= 0.3 is 0 Å². The molecule has 70 valence electrons. The zero-order valence-corrected chi connectivity index (χ0v) is 10.0. The van der Waals surface area contributed by atoms with E-state index >= 15 is 0 Å². The van der Waals surface area contributed by atoms with Crippen molar-refractivity contribution in [2.75, 3.05) is 9.74 Å². The second kappa shape index (κ2) is 4.81. The van der Waals surface area contributed by atoms with Gasteiger partial charge in [-0.25, -0.2) is 0 Å². The summed E-state index contributed by atoms with van der Waals surface area (Å²) in [4.78, 5) is 11.1. The second-order valence-electron chi connectivity index (χ2n) is 2.64. The van der Waals surface area contributed by atoms with Crippen LogP contribution in [-0.2, 0) is 4.79 Å². The van der Waals surface area contributed by atoms with Crippen LogP contribution in [0.15, 0.2) is 18.2 Å². The first-order valence-corrected chi connectivity index (χ1v) is 5.66. The van der Waals surface area contributed by atoms with E-state index in [4.69, 9.17) is 11.6 Å². The number of halogens is 2. The number of amides is 1. The predicted octanol–water partition coefficient (Wildman–Crippen LogP) is 3.02. The van der Waals surface area contributed by atoms with Crippen LogP contribution in [0.3, 0.4) is 0 Å². The summed E-state index contributed by atoms with van der Waals surface area (Å²) in [7, 11) is 0. The molecule has 13 heavy (non-hydrogen) atoms. The molecule has 0 heterocycles. The van der Waals surface area contributed by atoms with Crippen molar-refractivity contribution in [3.8, 4) is 0 Å². The Bertz CT molecular complexity index is 327. The largest absolute Gasteiger partial charge is 0.325 e. The molecule has 1 aromatic rings. The molecule has 0 aliphatic rings. The highest BCUT2D eigenvalue weighted by molar-refractivity contribution is 14.1. The van der Waals surface area contributed by atoms with Crippen LogP contribution < -0.4 is 5.32 Å². The third kappa shape index (κ3) is 3.15. The van der Waals surface area contributed by atoms with Gasteiger partial charge in [0.15, 0.2) is 0 Å². The molecule has 4 heteroatoms. The van der Waals surface area contributed by atoms with Crippen LogP contribution in [0.4, 0.5) is 5.69 Å². The fourth-order valence-corrected chi connectivity index (χ4v) is 1.37. The SMILES string of the molecule is Cc1cc(Cl)ccc1NC(=O)CI. The Morgan fingerprint density at radius 2 is 2.31 bits per heavy atom. The van der Waals surface area contributed by atoms with Crippen molar-refractivity contribution in [2.24, 2.45) is 0 Å². The Labute approximate surface area is 95.8 Å². The van der Waals surface area contributed by atoms with Gasteiger partial charge in [0, 0.05) is 10.7 Å². The Morgan fingerprint density at radius 3 is 2.85 bits per heavy atom. The summed E-state index contributed by atoms with van der Waals surface area (Å²) >= 11 is 7.79. The maximum atomic E-state index is 11.1. The number of nitrogens with one attached hydrogen (secondary N) is 1. The molecule has 1 N–H and O–H groups in total. The second-order valence-corrected chi connectivity index (χ2v) is 3.84. The molecule has 1 amide bonds. The van der Waals surface area contributed by atoms with Crippen LogP contribution in [0, 0.1) is 6.92 Å². The standard InChI is InChI=1S/C9H9ClINO/c1-6-4-7(10)2-3-8(6)12-9(13)5-11/h2-4H,5H2,1H3,(H,12,13). The Hall–Kier alpha value is -0.290. The summed E-state index contributed by atoms with van der Waals surface area (Å²) in [5, 5.41) is 3.47. The van der Waals surface area contributed by atoms with Gasteiger partial charge < -0.3 is 5.32 Å². The van der Waals surface area contributed by atoms with E-state index in [1.54, 1.807) is 6.07 Å². The maximum Gasteiger partial charge on any atom is 0.234 e. The summed E-state index contributed by atoms with van der Waals surface area (Å²) in [5.74, 6) is 0.00558. The number of aryl methyl sites for hydroxylation is 1. The summed E-state index contributed by atoms with van der Waals surface area (Å²) in [6, 6.07) is 5.39. The number of anilines is 1. The first kappa shape index (κ1) is 10.8. The molecule has 2 nitrogen and oxygen atoms in total. The van der Waals surface area contributed by atoms with Crippen LogP contribution in [0.25, 0.3) is 0 Å². The van der Waals surface area contributed by atoms with Gasteiger partial charge in [0.2, 0.25) is 5.91 Å². The number of alkyl halides is 1. The van der Waals surface area contributed by atoms with Crippen LogP contribution >= 0.6 is 34.2 Å². The van der Waals surface area contributed by atoms with E-state index in [1.807, 2.05) is 41.6 Å². The molecular formula is C9H9ClINO. The average Bonchev–Trinajstić information content (AvgIpc) is 2.09. The zero-order valence-electron chi connectivity index (χ0n) is 7.10. The lowest BCUT2D eigenvalue weighted by molar-refractivity contribution is -0.113. The molecule has 1 rings (SSSR count). The molecule has 0 aliphatic carbocycles. The van der Waals surface area contributed by atoms with E-state index in [0.29, 0.717) is 9.45 Å². The summed E-state index contributed by atoms with van der Waals surface area (Å²) in [6.07, 6.45) is 0. The summed E-state index contributed by atoms with van der Waals surface area (Å²) < 4.78 is 0.458. The quantitative estimate of drug-likeness (QED) is 0.660. The molecule has 0 atom stereocenters. The van der Waals surface area contributed by atoms with Gasteiger partial charge in [0.05, 0.1) is 4.43 Å². The molecule has 0 bridgehead atoms. The van der Waals surface area contributed by atoms with Crippen molar-refractivity contribution in [1.82, 2.24) is 0 Å². The first-order valence-electron chi connectivity index (χ1n) is 3.75. The molecule has 0 spiro atoms. The minimum Gasteiger partial charge on any atom is -0.325 e. The van der Waals surface area contributed by atoms with Gasteiger partial charge in [-0.2, -0.15) is 0 Å². The molecule has 0 aliphatic heterocycles. The number of carbonyl (C=O) groups is 1. The molecule has 0 aromatic heterocycles. The van der Waals surface area contributed by atoms with Gasteiger partial charge in [-0.15, -0.1) is 0 Å². The normalized spacial score (nSPS) is 9.77. The smallest absolute Gasteiger partial charge is 0.234 e. The molecule has 0 saturated heterocycles. The number of hydrogen-bond donors (Lipinski definition) is 1. The number of benzene rings is 1. The molecule has 0 saturated carbocycles. The van der Waals surface area contributed by atoms with Crippen molar-refractivity contribution in [2.45, 2.75) is 6.92 Å². The van der Waals surface area contributed by atoms with Crippen molar-refractivity contribution < 1.29 is 4.79 Å². The van der Waals surface area contributed by atoms with Gasteiger partial charge in [-0.05, 0) is 30.7 Å². The lowest BCUT2D eigenvalue weighted by Gasteiger charge is -2.06. The monoisotopic (exact) mass is 309 g/mol. The van der Waals surface area contributed by atoms with Crippen molar-refractivity contribution in [3.63, 3.8) is 0 Å². The summed E-state index contributed by atoms with van der Waals surface area (Å²) in [6.45, 7) is 1.91. The number of carbonyl (C=O) groups excluding carboxylic acids is 1. The lowest BCUT2D eigenvalue weighted by Crippen LogP contribution is -2.12. The third-order valence-electron chi connectivity index (χ3n) is 1.58. The van der Waals surface area contributed by atoms with Gasteiger partial charge in [0.25, 0.3) is 0 Å². The van der Waals surface area contributed by atoms with Crippen molar-refractivity contribution in [1.29, 1.82) is 0 Å². The molecular weight excluding hydrogens is 300 g/mol. The van der Waals surface area contributed by atoms with Crippen molar-refractivity contribution in [3.05, 3.63) is 28.8 Å². The van der Waals surface area contributed by atoms with E-state index < -0.39 is 0 Å². The van der Waals surface area contributed by atoms with Crippen molar-refractivity contribution >= 4 is 45.8 Å². The minimum atomic E-state index is 0.00558. The van der Waals surface area contributed by atoms with Gasteiger partial charge in [-0.1, -0.05) is 34.2 Å². The minimum absolute atomic E-state index is 0.00558. The first-order chi connectivity index (χ1) is 6.13. The fraction of sp³-hybridized carbons (Fsp3) is 0.222. The van der Waals surface area contributed by atoms with E-state index in [0.717, 1.165) is 11.3 Å². The fourth-order valence-electron chi connectivity index (χ4n) is 0.951. The van der Waals surface area contributed by atoms with Crippen LogP contribution in [0.5, 0.6) is 0 Å². The number of hydrogen-bond acceptors (Lipinski definition) is 1. The predicted molar refractivity (Wildman–Crippen MR) is 63.7 cm³/mol. The lowest BCUT2D eigenvalue weighted by atomic mass is 10.2. The van der Waals surface area contributed by atoms with E-state index in [1.165, 1.54) is 0 Å². The Kier molecular flexibility index (Phi) is 3.99. The topological polar surface area (TPSA) is 29.1 Å². The van der Waals surface area contributed by atoms with Crippen LogP contribution in [-0.4, -0.2) is 10.3 Å².